The number of anilines is 1. The van der Waals surface area contributed by atoms with Crippen LogP contribution in [-0.4, -0.2) is 11.7 Å². The second kappa shape index (κ2) is 7.86. The van der Waals surface area contributed by atoms with E-state index in [4.69, 9.17) is 23.2 Å². The SMILES string of the molecule is CCc1ccc(C2CC(=O)N(c3ccc(Cl)cc3Cl)C3=C2C(=O)CC(C)(C)C3)cc1. The highest BCUT2D eigenvalue weighted by atomic mass is 35.5. The number of benzene rings is 2. The summed E-state index contributed by atoms with van der Waals surface area (Å²) < 4.78 is 0. The number of halogens is 2. The van der Waals surface area contributed by atoms with E-state index >= 15 is 0 Å². The van der Waals surface area contributed by atoms with Crippen molar-refractivity contribution in [3.63, 3.8) is 0 Å². The van der Waals surface area contributed by atoms with Gasteiger partial charge in [0.2, 0.25) is 5.91 Å². The molecule has 2 aliphatic rings. The standard InChI is InChI=1S/C25H25Cl2NO2/c1-4-15-5-7-16(8-6-15)18-12-23(30)28(20-10-9-17(26)11-19(20)27)21-13-25(2,3)14-22(29)24(18)21/h5-11,18H,4,12-14H2,1-3H3. The molecule has 156 valence electrons. The van der Waals surface area contributed by atoms with Crippen LogP contribution in [0, 0.1) is 5.41 Å². The number of hydrogen-bond donors (Lipinski definition) is 0. The van der Waals surface area contributed by atoms with Crippen molar-refractivity contribution in [1.82, 2.24) is 0 Å². The summed E-state index contributed by atoms with van der Waals surface area (Å²) in [5.74, 6) is -0.147. The predicted octanol–water partition coefficient (Wildman–Crippen LogP) is 6.72. The molecule has 0 radical (unpaired) electrons. The lowest BCUT2D eigenvalue weighted by Crippen LogP contribution is -2.43. The number of allylic oxidation sites excluding steroid dienone is 2. The largest absolute Gasteiger partial charge is 0.294 e. The third kappa shape index (κ3) is 3.81. The molecule has 0 fully saturated rings. The van der Waals surface area contributed by atoms with E-state index in [2.05, 4.69) is 45.0 Å². The van der Waals surface area contributed by atoms with Gasteiger partial charge in [-0.25, -0.2) is 0 Å². The summed E-state index contributed by atoms with van der Waals surface area (Å²) >= 11 is 12.5. The molecule has 1 amide bonds. The Kier molecular flexibility index (Phi) is 5.54. The van der Waals surface area contributed by atoms with E-state index in [1.54, 1.807) is 23.1 Å². The fraction of sp³-hybridized carbons (Fsp3) is 0.360. The van der Waals surface area contributed by atoms with E-state index in [9.17, 15) is 9.59 Å². The van der Waals surface area contributed by atoms with Crippen LogP contribution < -0.4 is 4.90 Å². The van der Waals surface area contributed by atoms with Crippen molar-refractivity contribution in [1.29, 1.82) is 0 Å². The molecule has 0 saturated heterocycles. The molecule has 1 heterocycles. The van der Waals surface area contributed by atoms with Gasteiger partial charge < -0.3 is 0 Å². The smallest absolute Gasteiger partial charge is 0.232 e. The predicted molar refractivity (Wildman–Crippen MR) is 122 cm³/mol. The van der Waals surface area contributed by atoms with Gasteiger partial charge in [0.1, 0.15) is 0 Å². The van der Waals surface area contributed by atoms with E-state index in [1.807, 2.05) is 0 Å². The Morgan fingerprint density at radius 3 is 2.37 bits per heavy atom. The van der Waals surface area contributed by atoms with E-state index in [0.29, 0.717) is 28.6 Å². The molecule has 0 bridgehead atoms. The Labute approximate surface area is 187 Å². The fourth-order valence-corrected chi connectivity index (χ4v) is 5.12. The molecule has 0 spiro atoms. The molecule has 1 aliphatic heterocycles. The van der Waals surface area contributed by atoms with Crippen molar-refractivity contribution >= 4 is 40.6 Å². The molecule has 1 atom stereocenters. The van der Waals surface area contributed by atoms with Crippen LogP contribution in [0.3, 0.4) is 0 Å². The number of aryl methyl sites for hydroxylation is 1. The third-order valence-electron chi connectivity index (χ3n) is 6.08. The first-order valence-corrected chi connectivity index (χ1v) is 11.1. The first-order valence-electron chi connectivity index (χ1n) is 10.3. The average Bonchev–Trinajstić information content (AvgIpc) is 2.67. The maximum atomic E-state index is 13.4. The van der Waals surface area contributed by atoms with Gasteiger partial charge in [-0.15, -0.1) is 0 Å². The minimum Gasteiger partial charge on any atom is -0.294 e. The minimum absolute atomic E-state index is 0.0481. The third-order valence-corrected chi connectivity index (χ3v) is 6.62. The lowest BCUT2D eigenvalue weighted by molar-refractivity contribution is -0.121. The Balaban J connectivity index is 1.88. The van der Waals surface area contributed by atoms with Gasteiger partial charge in [-0.2, -0.15) is 0 Å². The second-order valence-corrected chi connectivity index (χ2v) is 9.82. The van der Waals surface area contributed by atoms with Gasteiger partial charge in [0.25, 0.3) is 0 Å². The second-order valence-electron chi connectivity index (χ2n) is 8.98. The zero-order chi connectivity index (χ0) is 21.6. The Morgan fingerprint density at radius 1 is 1.03 bits per heavy atom. The van der Waals surface area contributed by atoms with Gasteiger partial charge in [0.05, 0.1) is 10.7 Å². The number of nitrogens with zero attached hydrogens (tertiary/aromatic N) is 1. The van der Waals surface area contributed by atoms with Gasteiger partial charge in [-0.1, -0.05) is 68.2 Å². The Bertz CT molecular complexity index is 1050. The normalized spacial score (nSPS) is 21.1. The number of amides is 1. The molecular weight excluding hydrogens is 417 g/mol. The molecule has 0 saturated carbocycles. The number of carbonyl (C=O) groups is 2. The van der Waals surface area contributed by atoms with E-state index < -0.39 is 0 Å². The molecule has 2 aromatic carbocycles. The van der Waals surface area contributed by atoms with Gasteiger partial charge >= 0.3 is 0 Å². The van der Waals surface area contributed by atoms with Crippen molar-refractivity contribution in [3.05, 3.63) is 74.9 Å². The first-order chi connectivity index (χ1) is 14.2. The summed E-state index contributed by atoms with van der Waals surface area (Å²) in [7, 11) is 0. The topological polar surface area (TPSA) is 37.4 Å². The van der Waals surface area contributed by atoms with Crippen molar-refractivity contribution in [2.24, 2.45) is 5.41 Å². The molecule has 2 aromatic rings. The minimum atomic E-state index is -0.221. The van der Waals surface area contributed by atoms with Crippen LogP contribution >= 0.6 is 23.2 Å². The fourth-order valence-electron chi connectivity index (χ4n) is 4.63. The number of hydrogen-bond acceptors (Lipinski definition) is 2. The summed E-state index contributed by atoms with van der Waals surface area (Å²) in [5.41, 5.74) is 4.15. The van der Waals surface area contributed by atoms with Gasteiger partial charge in [-0.05, 0) is 47.6 Å². The first kappa shape index (κ1) is 21.1. The highest BCUT2D eigenvalue weighted by molar-refractivity contribution is 6.37. The van der Waals surface area contributed by atoms with Crippen LogP contribution in [0.2, 0.25) is 10.0 Å². The number of Topliss-reactive ketones (excluding diaryl/α,β-unsaturated/α-hetero) is 1. The maximum absolute atomic E-state index is 13.4. The highest BCUT2D eigenvalue weighted by Crippen LogP contribution is 2.49. The lowest BCUT2D eigenvalue weighted by Gasteiger charge is -2.43. The zero-order valence-corrected chi connectivity index (χ0v) is 19.0. The van der Waals surface area contributed by atoms with Crippen LogP contribution in [0.5, 0.6) is 0 Å². The molecule has 3 nitrogen and oxygen atoms in total. The molecule has 1 unspecified atom stereocenters. The quantitative estimate of drug-likeness (QED) is 0.529. The summed E-state index contributed by atoms with van der Waals surface area (Å²) in [6, 6.07) is 13.4. The number of rotatable bonds is 3. The number of ketones is 1. The molecule has 0 N–H and O–H groups in total. The highest BCUT2D eigenvalue weighted by Gasteiger charge is 2.44. The van der Waals surface area contributed by atoms with Gasteiger partial charge in [0, 0.05) is 35.1 Å². The average molecular weight is 442 g/mol. The summed E-state index contributed by atoms with van der Waals surface area (Å²) in [6.07, 6.45) is 2.32. The van der Waals surface area contributed by atoms with Crippen LogP contribution in [0.1, 0.15) is 57.1 Å². The van der Waals surface area contributed by atoms with Crippen LogP contribution in [0.4, 0.5) is 5.69 Å². The zero-order valence-electron chi connectivity index (χ0n) is 17.5. The summed E-state index contributed by atoms with van der Waals surface area (Å²) in [6.45, 7) is 6.25. The van der Waals surface area contributed by atoms with Crippen molar-refractivity contribution < 1.29 is 9.59 Å². The molecule has 0 aromatic heterocycles. The molecular formula is C25H25Cl2NO2. The van der Waals surface area contributed by atoms with Crippen LogP contribution in [0.15, 0.2) is 53.7 Å². The Hall–Kier alpha value is -2.10. The lowest BCUT2D eigenvalue weighted by atomic mass is 9.69. The van der Waals surface area contributed by atoms with E-state index in [0.717, 1.165) is 23.3 Å². The molecule has 5 heteroatoms. The number of carbonyl (C=O) groups excluding carboxylic acids is 2. The van der Waals surface area contributed by atoms with Crippen molar-refractivity contribution in [3.8, 4) is 0 Å². The van der Waals surface area contributed by atoms with Gasteiger partial charge in [-0.3, -0.25) is 14.5 Å². The summed E-state index contributed by atoms with van der Waals surface area (Å²) in [5, 5.41) is 0.917. The van der Waals surface area contributed by atoms with Crippen molar-refractivity contribution in [2.45, 2.75) is 52.4 Å². The van der Waals surface area contributed by atoms with E-state index in [-0.39, 0.29) is 29.4 Å². The summed E-state index contributed by atoms with van der Waals surface area (Å²) in [4.78, 5) is 28.4. The molecule has 1 aliphatic carbocycles. The van der Waals surface area contributed by atoms with E-state index in [1.165, 1.54) is 5.56 Å². The molecule has 30 heavy (non-hydrogen) atoms. The van der Waals surface area contributed by atoms with Gasteiger partial charge in [0.15, 0.2) is 5.78 Å². The van der Waals surface area contributed by atoms with Crippen LogP contribution in [-0.2, 0) is 16.0 Å². The maximum Gasteiger partial charge on any atom is 0.232 e. The monoisotopic (exact) mass is 441 g/mol. The molecule has 4 rings (SSSR count). The Morgan fingerprint density at radius 2 is 1.73 bits per heavy atom. The van der Waals surface area contributed by atoms with Crippen LogP contribution in [0.25, 0.3) is 0 Å². The van der Waals surface area contributed by atoms with Crippen molar-refractivity contribution in [2.75, 3.05) is 4.90 Å².